The van der Waals surface area contributed by atoms with Crippen LogP contribution in [0.4, 0.5) is 0 Å². The fraction of sp³-hybridized carbons (Fsp3) is 0.429. The lowest BCUT2D eigenvalue weighted by atomic mass is 9.96. The fourth-order valence-corrected chi connectivity index (χ4v) is 2.85. The number of nitrogens with zero attached hydrogens (tertiary/aromatic N) is 2. The summed E-state index contributed by atoms with van der Waals surface area (Å²) in [6, 6.07) is 5.03. The Labute approximate surface area is 131 Å². The van der Waals surface area contributed by atoms with Gasteiger partial charge in [-0.15, -0.1) is 0 Å². The summed E-state index contributed by atoms with van der Waals surface area (Å²) in [7, 11) is 1.75. The highest BCUT2D eigenvalue weighted by Crippen LogP contribution is 2.27. The van der Waals surface area contributed by atoms with Crippen molar-refractivity contribution in [2.45, 2.75) is 19.4 Å². The van der Waals surface area contributed by atoms with Gasteiger partial charge in [0.1, 0.15) is 5.54 Å². The minimum absolute atomic E-state index is 0.0508. The van der Waals surface area contributed by atoms with Crippen molar-refractivity contribution in [3.8, 4) is 0 Å². The van der Waals surface area contributed by atoms with Crippen molar-refractivity contribution in [1.82, 2.24) is 9.80 Å². The van der Waals surface area contributed by atoms with E-state index in [2.05, 4.69) is 15.9 Å². The number of amides is 2. The molecule has 1 aliphatic heterocycles. The van der Waals surface area contributed by atoms with Gasteiger partial charge < -0.3 is 9.80 Å². The van der Waals surface area contributed by atoms with Crippen molar-refractivity contribution in [2.75, 3.05) is 20.1 Å². The van der Waals surface area contributed by atoms with Crippen LogP contribution in [0.1, 0.15) is 24.2 Å². The fourth-order valence-electron chi connectivity index (χ4n) is 2.35. The molecule has 1 aromatic rings. The topological polar surface area (TPSA) is 40.6 Å². The molecule has 0 atom stereocenters. The van der Waals surface area contributed by atoms with E-state index < -0.39 is 5.54 Å². The molecular formula is C14H16BrClN2O2. The summed E-state index contributed by atoms with van der Waals surface area (Å²) in [6.45, 7) is 4.61. The van der Waals surface area contributed by atoms with Crippen molar-refractivity contribution < 1.29 is 9.59 Å². The Bertz CT molecular complexity index is 574. The maximum atomic E-state index is 12.6. The second kappa shape index (κ2) is 5.37. The summed E-state index contributed by atoms with van der Waals surface area (Å²) < 4.78 is 0.670. The third-order valence-electron chi connectivity index (χ3n) is 3.62. The Kier molecular flexibility index (Phi) is 4.12. The summed E-state index contributed by atoms with van der Waals surface area (Å²) >= 11 is 9.25. The molecule has 0 aromatic heterocycles. The Morgan fingerprint density at radius 3 is 2.60 bits per heavy atom. The van der Waals surface area contributed by atoms with Gasteiger partial charge in [0, 0.05) is 30.2 Å². The first-order valence-electron chi connectivity index (χ1n) is 6.27. The SMILES string of the molecule is CN1CCN(C(=O)c2ccc(Cl)c(Br)c2)C(C)(C)C1=O. The van der Waals surface area contributed by atoms with E-state index in [1.165, 1.54) is 0 Å². The molecule has 20 heavy (non-hydrogen) atoms. The second-order valence-corrected chi connectivity index (χ2v) is 6.63. The molecule has 2 amide bonds. The predicted molar refractivity (Wildman–Crippen MR) is 81.9 cm³/mol. The maximum Gasteiger partial charge on any atom is 0.254 e. The average Bonchev–Trinajstić information content (AvgIpc) is 2.39. The minimum atomic E-state index is -0.837. The van der Waals surface area contributed by atoms with Crippen LogP contribution >= 0.6 is 27.5 Å². The number of piperazine rings is 1. The molecule has 0 radical (unpaired) electrons. The zero-order chi connectivity index (χ0) is 15.1. The van der Waals surface area contributed by atoms with Crippen molar-refractivity contribution in [1.29, 1.82) is 0 Å². The third-order valence-corrected chi connectivity index (χ3v) is 4.83. The Hall–Kier alpha value is -1.07. The molecule has 0 saturated carbocycles. The number of rotatable bonds is 1. The van der Waals surface area contributed by atoms with E-state index >= 15 is 0 Å². The van der Waals surface area contributed by atoms with Gasteiger partial charge in [-0.25, -0.2) is 0 Å². The zero-order valence-electron chi connectivity index (χ0n) is 11.6. The van der Waals surface area contributed by atoms with Crippen molar-refractivity contribution >= 4 is 39.3 Å². The van der Waals surface area contributed by atoms with E-state index in [4.69, 9.17) is 11.6 Å². The molecule has 1 aromatic carbocycles. The highest BCUT2D eigenvalue weighted by atomic mass is 79.9. The van der Waals surface area contributed by atoms with Gasteiger partial charge in [0.2, 0.25) is 5.91 Å². The molecule has 1 heterocycles. The lowest BCUT2D eigenvalue weighted by Gasteiger charge is -2.44. The molecule has 108 valence electrons. The lowest BCUT2D eigenvalue weighted by Crippen LogP contribution is -2.63. The van der Waals surface area contributed by atoms with Gasteiger partial charge >= 0.3 is 0 Å². The monoisotopic (exact) mass is 358 g/mol. The molecule has 0 bridgehead atoms. The normalized spacial score (nSPS) is 18.4. The van der Waals surface area contributed by atoms with Crippen LogP contribution in [0, 0.1) is 0 Å². The van der Waals surface area contributed by atoms with E-state index in [0.717, 1.165) is 0 Å². The third kappa shape index (κ3) is 2.56. The van der Waals surface area contributed by atoms with Gasteiger partial charge in [0.25, 0.3) is 5.91 Å². The van der Waals surface area contributed by atoms with Crippen LogP contribution in [0.15, 0.2) is 22.7 Å². The molecular weight excluding hydrogens is 344 g/mol. The van der Waals surface area contributed by atoms with Crippen LogP contribution in [0.5, 0.6) is 0 Å². The number of likely N-dealkylation sites (N-methyl/N-ethyl adjacent to an activating group) is 1. The molecule has 0 N–H and O–H groups in total. The van der Waals surface area contributed by atoms with Crippen LogP contribution < -0.4 is 0 Å². The van der Waals surface area contributed by atoms with E-state index in [0.29, 0.717) is 28.1 Å². The maximum absolute atomic E-state index is 12.6. The molecule has 6 heteroatoms. The number of carbonyl (C=O) groups is 2. The molecule has 2 rings (SSSR count). The van der Waals surface area contributed by atoms with E-state index in [1.807, 2.05) is 0 Å². The predicted octanol–water partition coefficient (Wildman–Crippen LogP) is 2.80. The number of hydrogen-bond acceptors (Lipinski definition) is 2. The largest absolute Gasteiger partial charge is 0.342 e. The van der Waals surface area contributed by atoms with E-state index in [-0.39, 0.29) is 11.8 Å². The quantitative estimate of drug-likeness (QED) is 0.773. The van der Waals surface area contributed by atoms with Gasteiger partial charge in [-0.3, -0.25) is 9.59 Å². The zero-order valence-corrected chi connectivity index (χ0v) is 14.0. The standard InChI is InChI=1S/C14H16BrClN2O2/c1-14(2)13(20)17(3)6-7-18(14)12(19)9-4-5-11(16)10(15)8-9/h4-5,8H,6-7H2,1-3H3. The summed E-state index contributed by atoms with van der Waals surface area (Å²) in [6.07, 6.45) is 0. The minimum Gasteiger partial charge on any atom is -0.342 e. The summed E-state index contributed by atoms with van der Waals surface area (Å²) in [5.41, 5.74) is -0.317. The number of halogens is 2. The Balaban J connectivity index is 2.33. The molecule has 0 spiro atoms. The first-order valence-corrected chi connectivity index (χ1v) is 7.45. The van der Waals surface area contributed by atoms with Crippen LogP contribution in [0.3, 0.4) is 0 Å². The molecule has 1 fully saturated rings. The van der Waals surface area contributed by atoms with Crippen LogP contribution in [0.25, 0.3) is 0 Å². The highest BCUT2D eigenvalue weighted by Gasteiger charge is 2.43. The van der Waals surface area contributed by atoms with Crippen molar-refractivity contribution in [3.63, 3.8) is 0 Å². The summed E-state index contributed by atoms with van der Waals surface area (Å²) in [5.74, 6) is -0.209. The molecule has 0 unspecified atom stereocenters. The van der Waals surface area contributed by atoms with Gasteiger partial charge in [-0.1, -0.05) is 11.6 Å². The second-order valence-electron chi connectivity index (χ2n) is 5.37. The van der Waals surface area contributed by atoms with Gasteiger partial charge in [0.05, 0.1) is 5.02 Å². The Morgan fingerprint density at radius 1 is 1.35 bits per heavy atom. The summed E-state index contributed by atoms with van der Waals surface area (Å²) in [4.78, 5) is 28.1. The molecule has 1 aliphatic rings. The number of hydrogen-bond donors (Lipinski definition) is 0. The van der Waals surface area contributed by atoms with Gasteiger partial charge in [-0.05, 0) is 48.0 Å². The number of benzene rings is 1. The van der Waals surface area contributed by atoms with Crippen molar-refractivity contribution in [3.05, 3.63) is 33.3 Å². The van der Waals surface area contributed by atoms with Crippen LogP contribution in [-0.2, 0) is 4.79 Å². The Morgan fingerprint density at radius 2 is 2.00 bits per heavy atom. The van der Waals surface area contributed by atoms with Crippen LogP contribution in [-0.4, -0.2) is 47.3 Å². The van der Waals surface area contributed by atoms with Crippen molar-refractivity contribution in [2.24, 2.45) is 0 Å². The lowest BCUT2D eigenvalue weighted by molar-refractivity contribution is -0.144. The average molecular weight is 360 g/mol. The van der Waals surface area contributed by atoms with E-state index in [1.54, 1.807) is 48.9 Å². The summed E-state index contributed by atoms with van der Waals surface area (Å²) in [5, 5.41) is 0.551. The van der Waals surface area contributed by atoms with Gasteiger partial charge in [-0.2, -0.15) is 0 Å². The van der Waals surface area contributed by atoms with E-state index in [9.17, 15) is 9.59 Å². The van der Waals surface area contributed by atoms with Gasteiger partial charge in [0.15, 0.2) is 0 Å². The molecule has 4 nitrogen and oxygen atoms in total. The molecule has 1 saturated heterocycles. The first-order chi connectivity index (χ1) is 9.25. The smallest absolute Gasteiger partial charge is 0.254 e. The van der Waals surface area contributed by atoms with Crippen LogP contribution in [0.2, 0.25) is 5.02 Å². The highest BCUT2D eigenvalue weighted by molar-refractivity contribution is 9.10. The number of carbonyl (C=O) groups excluding carboxylic acids is 2. The molecule has 0 aliphatic carbocycles. The first kappa shape index (κ1) is 15.3.